The fourth-order valence-electron chi connectivity index (χ4n) is 2.41. The number of hydrogen-bond acceptors (Lipinski definition) is 9. The molecule has 0 aromatic heterocycles. The number of amides is 1. The van der Waals surface area contributed by atoms with Crippen LogP contribution in [-0.2, 0) is 25.5 Å². The van der Waals surface area contributed by atoms with Crippen molar-refractivity contribution in [3.8, 4) is 0 Å². The van der Waals surface area contributed by atoms with Crippen LogP contribution < -0.4 is 5.32 Å². The summed E-state index contributed by atoms with van der Waals surface area (Å²) in [5.74, 6) is -3.00. The van der Waals surface area contributed by atoms with Crippen molar-refractivity contribution in [3.05, 3.63) is 74.8 Å². The van der Waals surface area contributed by atoms with E-state index in [0.717, 1.165) is 25.3 Å². The van der Waals surface area contributed by atoms with E-state index in [4.69, 9.17) is 4.74 Å². The first-order valence-corrected chi connectivity index (χ1v) is 8.74. The summed E-state index contributed by atoms with van der Waals surface area (Å²) in [6, 6.07) is 9.27. The molecule has 0 saturated heterocycles. The Morgan fingerprint density at radius 2 is 1.42 bits per heavy atom. The zero-order chi connectivity index (χ0) is 23.0. The second kappa shape index (κ2) is 10.5. The monoisotopic (exact) mass is 430 g/mol. The molecule has 0 atom stereocenters. The second-order valence-electron chi connectivity index (χ2n) is 6.06. The van der Waals surface area contributed by atoms with Crippen LogP contribution in [0.25, 0.3) is 0 Å². The van der Waals surface area contributed by atoms with Crippen molar-refractivity contribution in [2.75, 3.05) is 20.8 Å². The molecule has 0 fully saturated rings. The molecule has 0 aliphatic carbocycles. The highest BCUT2D eigenvalue weighted by Gasteiger charge is 2.20. The number of ether oxygens (including phenoxy) is 3. The van der Waals surface area contributed by atoms with Crippen LogP contribution in [0.3, 0.4) is 0 Å². The van der Waals surface area contributed by atoms with Crippen molar-refractivity contribution < 1.29 is 38.3 Å². The Hall–Kier alpha value is -4.28. The molecule has 0 bridgehead atoms. The van der Waals surface area contributed by atoms with Gasteiger partial charge >= 0.3 is 17.9 Å². The number of benzene rings is 2. The van der Waals surface area contributed by atoms with Crippen molar-refractivity contribution >= 4 is 29.5 Å². The molecule has 0 radical (unpaired) electrons. The second-order valence-corrected chi connectivity index (χ2v) is 6.06. The summed E-state index contributed by atoms with van der Waals surface area (Å²) in [5, 5.41) is 13.5. The number of methoxy groups -OCH3 is 2. The molecule has 0 aliphatic heterocycles. The molecule has 2 rings (SSSR count). The number of nitro benzene ring substituents is 1. The van der Waals surface area contributed by atoms with Crippen LogP contribution in [0.2, 0.25) is 0 Å². The van der Waals surface area contributed by atoms with Gasteiger partial charge in [0, 0.05) is 18.7 Å². The quantitative estimate of drug-likeness (QED) is 0.285. The summed E-state index contributed by atoms with van der Waals surface area (Å²) < 4.78 is 14.0. The molecule has 1 amide bonds. The Balaban J connectivity index is 1.95. The van der Waals surface area contributed by atoms with Gasteiger partial charge in [-0.2, -0.15) is 0 Å². The minimum absolute atomic E-state index is 0.112. The van der Waals surface area contributed by atoms with Gasteiger partial charge in [-0.05, 0) is 23.8 Å². The molecule has 1 N–H and O–H groups in total. The fraction of sp³-hybridized carbons (Fsp3) is 0.200. The van der Waals surface area contributed by atoms with Crippen LogP contribution >= 0.6 is 0 Å². The fourth-order valence-corrected chi connectivity index (χ4v) is 2.41. The Labute approximate surface area is 176 Å². The zero-order valence-electron chi connectivity index (χ0n) is 16.6. The predicted molar refractivity (Wildman–Crippen MR) is 104 cm³/mol. The molecule has 0 heterocycles. The summed E-state index contributed by atoms with van der Waals surface area (Å²) >= 11 is 0. The van der Waals surface area contributed by atoms with Gasteiger partial charge in [0.25, 0.3) is 11.6 Å². The lowest BCUT2D eigenvalue weighted by Crippen LogP contribution is -2.28. The Bertz CT molecular complexity index is 1020. The third kappa shape index (κ3) is 6.35. The smallest absolute Gasteiger partial charge is 0.338 e. The maximum Gasteiger partial charge on any atom is 0.338 e. The van der Waals surface area contributed by atoms with Crippen LogP contribution in [0.15, 0.2) is 42.5 Å². The van der Waals surface area contributed by atoms with Gasteiger partial charge in [0.2, 0.25) is 0 Å². The molecule has 2 aromatic rings. The number of carbonyl (C=O) groups is 4. The van der Waals surface area contributed by atoms with E-state index in [1.807, 2.05) is 0 Å². The lowest BCUT2D eigenvalue weighted by molar-refractivity contribution is -0.384. The van der Waals surface area contributed by atoms with E-state index in [9.17, 15) is 29.3 Å². The van der Waals surface area contributed by atoms with Crippen molar-refractivity contribution in [1.29, 1.82) is 0 Å². The molecule has 2 aromatic carbocycles. The van der Waals surface area contributed by atoms with Crippen molar-refractivity contribution in [2.24, 2.45) is 0 Å². The maximum absolute atomic E-state index is 12.2. The topological polar surface area (TPSA) is 151 Å². The summed E-state index contributed by atoms with van der Waals surface area (Å²) in [6.07, 6.45) is 0. The van der Waals surface area contributed by atoms with E-state index >= 15 is 0 Å². The van der Waals surface area contributed by atoms with Gasteiger partial charge in [-0.3, -0.25) is 14.9 Å². The lowest BCUT2D eigenvalue weighted by atomic mass is 10.1. The van der Waals surface area contributed by atoms with E-state index in [1.54, 1.807) is 12.1 Å². The Morgan fingerprint density at radius 3 is 1.97 bits per heavy atom. The van der Waals surface area contributed by atoms with Crippen LogP contribution in [0.4, 0.5) is 5.69 Å². The molecule has 11 heteroatoms. The first kappa shape index (κ1) is 23.0. The summed E-state index contributed by atoms with van der Waals surface area (Å²) in [5.41, 5.74) is 0.0579. The van der Waals surface area contributed by atoms with Crippen LogP contribution in [-0.4, -0.2) is 49.6 Å². The molecule has 11 nitrogen and oxygen atoms in total. The number of carbonyl (C=O) groups excluding carboxylic acids is 4. The predicted octanol–water partition coefficient (Wildman–Crippen LogP) is 1.64. The molecular formula is C20H18N2O9. The average Bonchev–Trinajstić information content (AvgIpc) is 2.79. The molecule has 0 saturated carbocycles. The molecular weight excluding hydrogens is 412 g/mol. The van der Waals surface area contributed by atoms with E-state index in [0.29, 0.717) is 11.1 Å². The first-order valence-electron chi connectivity index (χ1n) is 8.74. The van der Waals surface area contributed by atoms with Gasteiger partial charge in [0.15, 0.2) is 6.61 Å². The number of nitrogens with zero attached hydrogens (tertiary/aromatic N) is 1. The summed E-state index contributed by atoms with van der Waals surface area (Å²) in [6.45, 7) is -0.531. The van der Waals surface area contributed by atoms with Crippen LogP contribution in [0, 0.1) is 10.1 Å². The maximum atomic E-state index is 12.2. The highest BCUT2D eigenvalue weighted by molar-refractivity contribution is 5.97. The third-order valence-electron chi connectivity index (χ3n) is 3.98. The van der Waals surface area contributed by atoms with Gasteiger partial charge < -0.3 is 19.5 Å². The number of non-ortho nitro benzene ring substituents is 1. The average molecular weight is 430 g/mol. The largest absolute Gasteiger partial charge is 0.465 e. The first-order chi connectivity index (χ1) is 14.7. The van der Waals surface area contributed by atoms with E-state index in [1.165, 1.54) is 19.2 Å². The summed E-state index contributed by atoms with van der Waals surface area (Å²) in [7, 11) is 2.36. The number of nitro groups is 1. The van der Waals surface area contributed by atoms with E-state index in [-0.39, 0.29) is 17.7 Å². The molecule has 162 valence electrons. The standard InChI is InChI=1S/C20H18N2O9/c1-29-18(24)13-5-3-12(4-6-13)10-21-17(23)11-31-20(26)15-7-14(19(25)30-2)8-16(9-15)22(27)28/h3-9H,10-11H2,1-2H3,(H,21,23). The third-order valence-corrected chi connectivity index (χ3v) is 3.98. The normalized spacial score (nSPS) is 10.0. The van der Waals surface area contributed by atoms with Gasteiger partial charge in [-0.25, -0.2) is 14.4 Å². The molecule has 0 aliphatic rings. The minimum atomic E-state index is -1.02. The van der Waals surface area contributed by atoms with E-state index in [2.05, 4.69) is 14.8 Å². The van der Waals surface area contributed by atoms with Crippen LogP contribution in [0.1, 0.15) is 36.6 Å². The van der Waals surface area contributed by atoms with Crippen LogP contribution in [0.5, 0.6) is 0 Å². The van der Waals surface area contributed by atoms with Gasteiger partial charge in [-0.1, -0.05) is 12.1 Å². The SMILES string of the molecule is COC(=O)c1ccc(CNC(=O)COC(=O)c2cc(C(=O)OC)cc([N+](=O)[O-])c2)cc1. The van der Waals surface area contributed by atoms with Gasteiger partial charge in [0.05, 0.1) is 35.8 Å². The number of rotatable bonds is 8. The number of hydrogen-bond donors (Lipinski definition) is 1. The Kier molecular flexibility index (Phi) is 7.78. The molecule has 31 heavy (non-hydrogen) atoms. The molecule has 0 spiro atoms. The zero-order valence-corrected chi connectivity index (χ0v) is 16.6. The highest BCUT2D eigenvalue weighted by atomic mass is 16.6. The molecule has 0 unspecified atom stereocenters. The Morgan fingerprint density at radius 1 is 0.871 bits per heavy atom. The van der Waals surface area contributed by atoms with E-state index < -0.39 is 41.0 Å². The lowest BCUT2D eigenvalue weighted by Gasteiger charge is -2.08. The van der Waals surface area contributed by atoms with Gasteiger partial charge in [0.1, 0.15) is 0 Å². The highest BCUT2D eigenvalue weighted by Crippen LogP contribution is 2.19. The minimum Gasteiger partial charge on any atom is -0.465 e. The number of esters is 3. The number of nitrogens with one attached hydrogen (secondary N) is 1. The summed E-state index contributed by atoms with van der Waals surface area (Å²) in [4.78, 5) is 57.4. The van der Waals surface area contributed by atoms with Crippen molar-refractivity contribution in [2.45, 2.75) is 6.54 Å². The van der Waals surface area contributed by atoms with Crippen molar-refractivity contribution in [3.63, 3.8) is 0 Å². The van der Waals surface area contributed by atoms with Crippen molar-refractivity contribution in [1.82, 2.24) is 5.32 Å². The van der Waals surface area contributed by atoms with Gasteiger partial charge in [-0.15, -0.1) is 0 Å².